The fourth-order valence-electron chi connectivity index (χ4n) is 3.80. The van der Waals surface area contributed by atoms with E-state index in [0.717, 1.165) is 37.1 Å². The summed E-state index contributed by atoms with van der Waals surface area (Å²) in [5.74, 6) is -1.30. The molecule has 0 amide bonds. The van der Waals surface area contributed by atoms with Gasteiger partial charge in [0.05, 0.1) is 19.9 Å². The highest BCUT2D eigenvalue weighted by Crippen LogP contribution is 2.32. The van der Waals surface area contributed by atoms with Gasteiger partial charge in [-0.3, -0.25) is 4.90 Å². The van der Waals surface area contributed by atoms with E-state index in [0.29, 0.717) is 17.9 Å². The fraction of sp³-hybridized carbons (Fsp3) is 0.346. The van der Waals surface area contributed by atoms with Crippen molar-refractivity contribution >= 4 is 11.9 Å². The van der Waals surface area contributed by atoms with Crippen LogP contribution in [0.4, 0.5) is 0 Å². The Balaban J connectivity index is 2.22. The molecule has 33 heavy (non-hydrogen) atoms. The van der Waals surface area contributed by atoms with Gasteiger partial charge >= 0.3 is 11.9 Å². The number of aromatic nitrogens is 2. The third kappa shape index (κ3) is 5.31. The van der Waals surface area contributed by atoms with Gasteiger partial charge in [-0.1, -0.05) is 62.7 Å². The van der Waals surface area contributed by atoms with Gasteiger partial charge in [0.1, 0.15) is 11.3 Å². The number of unbranched alkanes of at least 4 members (excludes halogenated alkanes) is 1. The summed E-state index contributed by atoms with van der Waals surface area (Å²) in [6.07, 6.45) is 2.23. The molecule has 3 rings (SSSR count). The molecular weight excluding hydrogens is 418 g/mol. The predicted molar refractivity (Wildman–Crippen MR) is 128 cm³/mol. The van der Waals surface area contributed by atoms with Crippen LogP contribution in [0, 0.1) is 0 Å². The van der Waals surface area contributed by atoms with Gasteiger partial charge in [0.25, 0.3) is 0 Å². The van der Waals surface area contributed by atoms with Gasteiger partial charge in [-0.15, -0.1) is 0 Å². The van der Waals surface area contributed by atoms with E-state index >= 15 is 0 Å². The van der Waals surface area contributed by atoms with Crippen molar-refractivity contribution in [2.24, 2.45) is 0 Å². The minimum Gasteiger partial charge on any atom is -0.465 e. The van der Waals surface area contributed by atoms with Crippen LogP contribution in [0.1, 0.15) is 53.1 Å². The van der Waals surface area contributed by atoms with E-state index in [2.05, 4.69) is 18.7 Å². The Kier molecular flexibility index (Phi) is 8.38. The van der Waals surface area contributed by atoms with Crippen LogP contribution in [-0.2, 0) is 16.0 Å². The summed E-state index contributed by atoms with van der Waals surface area (Å²) in [4.78, 5) is 28.1. The van der Waals surface area contributed by atoms with Crippen LogP contribution < -0.4 is 0 Å². The highest BCUT2D eigenvalue weighted by molar-refractivity contribution is 6.07. The van der Waals surface area contributed by atoms with Crippen molar-refractivity contribution < 1.29 is 19.1 Å². The summed E-state index contributed by atoms with van der Waals surface area (Å²) in [6.45, 7) is 6.91. The summed E-state index contributed by atoms with van der Waals surface area (Å²) in [5.41, 5.74) is 2.98. The van der Waals surface area contributed by atoms with Gasteiger partial charge in [0, 0.05) is 12.1 Å². The number of hydrogen-bond donors (Lipinski definition) is 0. The molecular formula is C26H31N3O4. The van der Waals surface area contributed by atoms with Crippen LogP contribution in [-0.4, -0.2) is 53.9 Å². The molecule has 0 atom stereocenters. The Bertz CT molecular complexity index is 1090. The molecule has 0 saturated carbocycles. The molecule has 0 aliphatic heterocycles. The standard InChI is InChI=1S/C26H31N3O4/c1-5-7-17-28(6-2)18-19-13-11-12-16-21(19)23-22(25(30)32-3)24(26(31)33-4)29(27-23)20-14-9-8-10-15-20/h8-16H,5-7,17-18H2,1-4H3. The molecule has 0 spiro atoms. The lowest BCUT2D eigenvalue weighted by Gasteiger charge is -2.21. The zero-order valence-corrected chi connectivity index (χ0v) is 19.7. The second-order valence-corrected chi connectivity index (χ2v) is 7.68. The highest BCUT2D eigenvalue weighted by Gasteiger charge is 2.32. The molecule has 0 aliphatic rings. The maximum absolute atomic E-state index is 12.9. The van der Waals surface area contributed by atoms with E-state index in [1.54, 1.807) is 0 Å². The second kappa shape index (κ2) is 11.4. The number of benzene rings is 2. The summed E-state index contributed by atoms with van der Waals surface area (Å²) in [7, 11) is 2.58. The molecule has 0 bridgehead atoms. The zero-order valence-electron chi connectivity index (χ0n) is 19.7. The minimum absolute atomic E-state index is 0.0404. The average molecular weight is 450 g/mol. The van der Waals surface area contributed by atoms with Crippen molar-refractivity contribution in [3.63, 3.8) is 0 Å². The van der Waals surface area contributed by atoms with E-state index in [-0.39, 0.29) is 11.3 Å². The van der Waals surface area contributed by atoms with E-state index in [1.807, 2.05) is 54.6 Å². The summed E-state index contributed by atoms with van der Waals surface area (Å²) in [6, 6.07) is 17.0. The van der Waals surface area contributed by atoms with Crippen LogP contribution in [0.25, 0.3) is 16.9 Å². The monoisotopic (exact) mass is 449 g/mol. The number of rotatable bonds is 10. The average Bonchev–Trinajstić information content (AvgIpc) is 3.26. The molecule has 0 unspecified atom stereocenters. The van der Waals surface area contributed by atoms with Crippen molar-refractivity contribution in [2.75, 3.05) is 27.3 Å². The maximum atomic E-state index is 12.9. The van der Waals surface area contributed by atoms with E-state index < -0.39 is 11.9 Å². The number of ether oxygens (including phenoxy) is 2. The molecule has 7 nitrogen and oxygen atoms in total. The molecule has 0 saturated heterocycles. The third-order valence-electron chi connectivity index (χ3n) is 5.60. The number of carbonyl (C=O) groups is 2. The molecule has 174 valence electrons. The Labute approximate surface area is 194 Å². The number of para-hydroxylation sites is 1. The smallest absolute Gasteiger partial charge is 0.357 e. The Morgan fingerprint density at radius 2 is 1.61 bits per heavy atom. The SMILES string of the molecule is CCCCN(CC)Cc1ccccc1-c1nn(-c2ccccc2)c(C(=O)OC)c1C(=O)OC. The molecule has 0 N–H and O–H groups in total. The first-order valence-corrected chi connectivity index (χ1v) is 11.2. The zero-order chi connectivity index (χ0) is 23.8. The highest BCUT2D eigenvalue weighted by atomic mass is 16.5. The maximum Gasteiger partial charge on any atom is 0.357 e. The van der Waals surface area contributed by atoms with Crippen molar-refractivity contribution in [3.8, 4) is 16.9 Å². The topological polar surface area (TPSA) is 73.7 Å². The molecule has 1 aromatic heterocycles. The largest absolute Gasteiger partial charge is 0.465 e. The molecule has 2 aromatic carbocycles. The van der Waals surface area contributed by atoms with Crippen LogP contribution in [0.15, 0.2) is 54.6 Å². The van der Waals surface area contributed by atoms with Gasteiger partial charge in [-0.05, 0) is 37.2 Å². The second-order valence-electron chi connectivity index (χ2n) is 7.68. The van der Waals surface area contributed by atoms with Gasteiger partial charge in [0.2, 0.25) is 0 Å². The Morgan fingerprint density at radius 1 is 0.939 bits per heavy atom. The van der Waals surface area contributed by atoms with Crippen molar-refractivity contribution in [3.05, 3.63) is 71.4 Å². The van der Waals surface area contributed by atoms with Crippen molar-refractivity contribution in [2.45, 2.75) is 33.2 Å². The van der Waals surface area contributed by atoms with Crippen LogP contribution in [0.2, 0.25) is 0 Å². The number of esters is 2. The van der Waals surface area contributed by atoms with E-state index in [4.69, 9.17) is 14.6 Å². The van der Waals surface area contributed by atoms with Gasteiger partial charge in [0.15, 0.2) is 5.69 Å². The molecule has 7 heteroatoms. The molecule has 0 fully saturated rings. The summed E-state index contributed by atoms with van der Waals surface area (Å²) < 4.78 is 11.5. The molecule has 3 aromatic rings. The quantitative estimate of drug-likeness (QED) is 0.417. The number of nitrogens with zero attached hydrogens (tertiary/aromatic N) is 3. The fourth-order valence-corrected chi connectivity index (χ4v) is 3.80. The molecule has 0 aliphatic carbocycles. The molecule has 1 heterocycles. The van der Waals surface area contributed by atoms with Crippen molar-refractivity contribution in [1.29, 1.82) is 0 Å². The van der Waals surface area contributed by atoms with Crippen molar-refractivity contribution in [1.82, 2.24) is 14.7 Å². The number of hydrogen-bond acceptors (Lipinski definition) is 6. The van der Waals surface area contributed by atoms with Crippen LogP contribution in [0.5, 0.6) is 0 Å². The van der Waals surface area contributed by atoms with Crippen LogP contribution >= 0.6 is 0 Å². The third-order valence-corrected chi connectivity index (χ3v) is 5.60. The summed E-state index contributed by atoms with van der Waals surface area (Å²) in [5, 5.41) is 4.74. The summed E-state index contributed by atoms with van der Waals surface area (Å²) >= 11 is 0. The molecule has 0 radical (unpaired) electrons. The van der Waals surface area contributed by atoms with Gasteiger partial charge in [-0.25, -0.2) is 14.3 Å². The van der Waals surface area contributed by atoms with E-state index in [9.17, 15) is 9.59 Å². The Hall–Kier alpha value is -3.45. The Morgan fingerprint density at radius 3 is 2.24 bits per heavy atom. The lowest BCUT2D eigenvalue weighted by molar-refractivity contribution is 0.0549. The first-order valence-electron chi connectivity index (χ1n) is 11.2. The normalized spacial score (nSPS) is 10.9. The lowest BCUT2D eigenvalue weighted by Crippen LogP contribution is -2.24. The first-order chi connectivity index (χ1) is 16.0. The predicted octanol–water partition coefficient (Wildman–Crippen LogP) is 4.73. The van der Waals surface area contributed by atoms with Crippen LogP contribution in [0.3, 0.4) is 0 Å². The first kappa shape index (κ1) is 24.2. The minimum atomic E-state index is -0.659. The number of methoxy groups -OCH3 is 2. The lowest BCUT2D eigenvalue weighted by atomic mass is 9.99. The van der Waals surface area contributed by atoms with Gasteiger partial charge in [-0.2, -0.15) is 5.10 Å². The number of carbonyl (C=O) groups excluding carboxylic acids is 2. The van der Waals surface area contributed by atoms with Gasteiger partial charge < -0.3 is 9.47 Å². The van der Waals surface area contributed by atoms with E-state index in [1.165, 1.54) is 18.9 Å².